The van der Waals surface area contributed by atoms with Crippen LogP contribution in [0.1, 0.15) is 110 Å². The van der Waals surface area contributed by atoms with Crippen LogP contribution >= 0.6 is 12.4 Å². The lowest BCUT2D eigenvalue weighted by atomic mass is 10.0. The molecule has 4 N–H and O–H groups in total. The third-order valence-corrected chi connectivity index (χ3v) is 5.32. The van der Waals surface area contributed by atoms with Gasteiger partial charge < -0.3 is 21.1 Å². The number of nitrogens with two attached hydrogens (primary N) is 1. The van der Waals surface area contributed by atoms with Crippen LogP contribution in [0.25, 0.3) is 0 Å². The highest BCUT2D eigenvalue weighted by atomic mass is 35.5. The predicted molar refractivity (Wildman–Crippen MR) is 133 cm³/mol. The first kappa shape index (κ1) is 31.8. The van der Waals surface area contributed by atoms with Crippen LogP contribution < -0.4 is 16.4 Å². The van der Waals surface area contributed by atoms with Gasteiger partial charge in [0.1, 0.15) is 0 Å². The summed E-state index contributed by atoms with van der Waals surface area (Å²) in [6.07, 6.45) is 22.2. The van der Waals surface area contributed by atoms with Gasteiger partial charge in [-0.25, -0.2) is 0 Å². The standard InChI is InChI=1S/C24H51N3O2.ClH/c1-2-3-4-5-6-7-8-9-10-11-12-13-14-15-16-17-19-26-23-24(28)27-20-22-29-21-18-25;/h26H,2-23,25H2,1H3,(H,27,28);1H. The molecule has 0 aliphatic heterocycles. The van der Waals surface area contributed by atoms with E-state index in [4.69, 9.17) is 10.5 Å². The number of hydrogen-bond acceptors (Lipinski definition) is 4. The molecule has 0 saturated carbocycles. The number of nitrogens with one attached hydrogen (secondary N) is 2. The zero-order chi connectivity index (χ0) is 21.3. The Morgan fingerprint density at radius 2 is 1.17 bits per heavy atom. The van der Waals surface area contributed by atoms with E-state index in [0.717, 1.165) is 13.0 Å². The van der Waals surface area contributed by atoms with Crippen LogP contribution in [0.4, 0.5) is 0 Å². The Kier molecular flexibility index (Phi) is 30.4. The summed E-state index contributed by atoms with van der Waals surface area (Å²) in [5, 5.41) is 6.05. The van der Waals surface area contributed by atoms with Crippen molar-refractivity contribution in [3.8, 4) is 0 Å². The van der Waals surface area contributed by atoms with E-state index in [1.54, 1.807) is 0 Å². The first-order chi connectivity index (χ1) is 14.3. The molecule has 0 spiro atoms. The topological polar surface area (TPSA) is 76.4 Å². The predicted octanol–water partition coefficient (Wildman–Crippen LogP) is 5.35. The molecule has 0 aromatic heterocycles. The second kappa shape index (κ2) is 28.6. The van der Waals surface area contributed by atoms with E-state index < -0.39 is 0 Å². The second-order valence-electron chi connectivity index (χ2n) is 8.23. The van der Waals surface area contributed by atoms with E-state index >= 15 is 0 Å². The Labute approximate surface area is 193 Å². The van der Waals surface area contributed by atoms with Gasteiger partial charge in [-0.05, 0) is 13.0 Å². The van der Waals surface area contributed by atoms with Crippen LogP contribution in [-0.2, 0) is 9.53 Å². The van der Waals surface area contributed by atoms with Gasteiger partial charge in [0, 0.05) is 13.1 Å². The van der Waals surface area contributed by atoms with Gasteiger partial charge in [0.2, 0.25) is 5.91 Å². The van der Waals surface area contributed by atoms with Crippen LogP contribution in [0, 0.1) is 0 Å². The maximum absolute atomic E-state index is 11.6. The van der Waals surface area contributed by atoms with Gasteiger partial charge in [0.25, 0.3) is 0 Å². The maximum atomic E-state index is 11.6. The summed E-state index contributed by atoms with van der Waals surface area (Å²) >= 11 is 0. The lowest BCUT2D eigenvalue weighted by molar-refractivity contribution is -0.120. The summed E-state index contributed by atoms with van der Waals surface area (Å²) in [5.41, 5.74) is 5.33. The molecule has 0 unspecified atom stereocenters. The molecule has 0 fully saturated rings. The van der Waals surface area contributed by atoms with Gasteiger partial charge >= 0.3 is 0 Å². The molecule has 6 heteroatoms. The molecule has 0 aromatic rings. The van der Waals surface area contributed by atoms with Crippen LogP contribution in [0.2, 0.25) is 0 Å². The lowest BCUT2D eigenvalue weighted by Gasteiger charge is -2.07. The molecule has 5 nitrogen and oxygen atoms in total. The quantitative estimate of drug-likeness (QED) is 0.173. The number of carbonyl (C=O) groups excluding carboxylic acids is 1. The molecule has 0 aliphatic rings. The Balaban J connectivity index is 0. The average molecular weight is 450 g/mol. The fourth-order valence-corrected chi connectivity index (χ4v) is 3.51. The molecular weight excluding hydrogens is 398 g/mol. The van der Waals surface area contributed by atoms with Crippen LogP contribution in [0.5, 0.6) is 0 Å². The van der Waals surface area contributed by atoms with E-state index in [1.165, 1.54) is 96.3 Å². The van der Waals surface area contributed by atoms with Crippen molar-refractivity contribution in [3.05, 3.63) is 0 Å². The van der Waals surface area contributed by atoms with Crippen LogP contribution in [0.15, 0.2) is 0 Å². The third-order valence-electron chi connectivity index (χ3n) is 5.32. The molecule has 0 atom stereocenters. The van der Waals surface area contributed by atoms with Crippen molar-refractivity contribution < 1.29 is 9.53 Å². The fraction of sp³-hybridized carbons (Fsp3) is 0.958. The maximum Gasteiger partial charge on any atom is 0.234 e. The van der Waals surface area contributed by atoms with Gasteiger partial charge in [-0.2, -0.15) is 0 Å². The highest BCUT2D eigenvalue weighted by molar-refractivity contribution is 5.85. The number of unbranched alkanes of at least 4 members (excludes halogenated alkanes) is 15. The summed E-state index contributed by atoms with van der Waals surface area (Å²) < 4.78 is 5.21. The van der Waals surface area contributed by atoms with Gasteiger partial charge in [-0.3, -0.25) is 4.79 Å². The molecule has 0 aromatic carbocycles. The molecule has 0 saturated heterocycles. The van der Waals surface area contributed by atoms with Crippen molar-refractivity contribution in [1.82, 2.24) is 10.6 Å². The normalized spacial score (nSPS) is 10.7. The number of hydrogen-bond donors (Lipinski definition) is 3. The minimum Gasteiger partial charge on any atom is -0.378 e. The fourth-order valence-electron chi connectivity index (χ4n) is 3.51. The van der Waals surface area contributed by atoms with E-state index in [2.05, 4.69) is 17.6 Å². The molecule has 30 heavy (non-hydrogen) atoms. The van der Waals surface area contributed by atoms with Gasteiger partial charge in [0.05, 0.1) is 19.8 Å². The van der Waals surface area contributed by atoms with Crippen molar-refractivity contribution in [1.29, 1.82) is 0 Å². The minimum atomic E-state index is 0. The highest BCUT2D eigenvalue weighted by Crippen LogP contribution is 2.13. The van der Waals surface area contributed by atoms with E-state index in [-0.39, 0.29) is 18.3 Å². The smallest absolute Gasteiger partial charge is 0.234 e. The summed E-state index contributed by atoms with van der Waals surface area (Å²) in [4.78, 5) is 11.6. The van der Waals surface area contributed by atoms with Crippen molar-refractivity contribution in [2.45, 2.75) is 110 Å². The molecular formula is C24H52ClN3O2. The SMILES string of the molecule is CCCCCCCCCCCCCCCCCCNCC(=O)NCCOCCN.Cl. The third kappa shape index (κ3) is 27.6. The minimum absolute atomic E-state index is 0. The van der Waals surface area contributed by atoms with E-state index in [0.29, 0.717) is 32.8 Å². The number of halogens is 1. The second-order valence-corrected chi connectivity index (χ2v) is 8.23. The Morgan fingerprint density at radius 1 is 0.700 bits per heavy atom. The molecule has 0 radical (unpaired) electrons. The summed E-state index contributed by atoms with van der Waals surface area (Å²) in [6.45, 7) is 5.76. The number of rotatable bonds is 24. The number of amides is 1. The Hall–Kier alpha value is -0.360. The van der Waals surface area contributed by atoms with Crippen molar-refractivity contribution in [3.63, 3.8) is 0 Å². The number of carbonyl (C=O) groups is 1. The highest BCUT2D eigenvalue weighted by Gasteiger charge is 1.99. The Bertz CT molecular complexity index is 334. The lowest BCUT2D eigenvalue weighted by Crippen LogP contribution is -2.36. The van der Waals surface area contributed by atoms with Crippen molar-refractivity contribution in [2.75, 3.05) is 39.4 Å². The first-order valence-corrected chi connectivity index (χ1v) is 12.6. The van der Waals surface area contributed by atoms with Gasteiger partial charge in [-0.15, -0.1) is 12.4 Å². The first-order valence-electron chi connectivity index (χ1n) is 12.6. The van der Waals surface area contributed by atoms with E-state index in [1.807, 2.05) is 0 Å². The summed E-state index contributed by atoms with van der Waals surface area (Å²) in [5.74, 6) is 0.0397. The van der Waals surface area contributed by atoms with Crippen LogP contribution in [-0.4, -0.2) is 45.3 Å². The monoisotopic (exact) mass is 449 g/mol. The zero-order valence-electron chi connectivity index (χ0n) is 19.9. The van der Waals surface area contributed by atoms with Gasteiger partial charge in [0.15, 0.2) is 0 Å². The van der Waals surface area contributed by atoms with Crippen molar-refractivity contribution >= 4 is 18.3 Å². The molecule has 0 aliphatic carbocycles. The molecule has 182 valence electrons. The molecule has 0 rings (SSSR count). The zero-order valence-corrected chi connectivity index (χ0v) is 20.7. The molecule has 0 bridgehead atoms. The number of ether oxygens (including phenoxy) is 1. The molecule has 0 heterocycles. The Morgan fingerprint density at radius 3 is 1.63 bits per heavy atom. The summed E-state index contributed by atoms with van der Waals surface area (Å²) in [6, 6.07) is 0. The molecule has 1 amide bonds. The van der Waals surface area contributed by atoms with E-state index in [9.17, 15) is 4.79 Å². The summed E-state index contributed by atoms with van der Waals surface area (Å²) in [7, 11) is 0. The van der Waals surface area contributed by atoms with Gasteiger partial charge in [-0.1, -0.05) is 103 Å². The van der Waals surface area contributed by atoms with Crippen molar-refractivity contribution in [2.24, 2.45) is 5.73 Å². The average Bonchev–Trinajstić information content (AvgIpc) is 2.72. The largest absolute Gasteiger partial charge is 0.378 e. The van der Waals surface area contributed by atoms with Crippen LogP contribution in [0.3, 0.4) is 0 Å².